The van der Waals surface area contributed by atoms with E-state index in [4.69, 9.17) is 4.74 Å². The Morgan fingerprint density at radius 1 is 1.15 bits per heavy atom. The predicted octanol–water partition coefficient (Wildman–Crippen LogP) is 3.77. The van der Waals surface area contributed by atoms with E-state index in [2.05, 4.69) is 15.0 Å². The second kappa shape index (κ2) is 9.38. The van der Waals surface area contributed by atoms with E-state index in [1.54, 1.807) is 23.5 Å². The lowest BCUT2D eigenvalue weighted by Crippen LogP contribution is -2.29. The Labute approximate surface area is 158 Å². The van der Waals surface area contributed by atoms with Crippen LogP contribution in [0.2, 0.25) is 0 Å². The van der Waals surface area contributed by atoms with Crippen molar-refractivity contribution in [3.05, 3.63) is 59.1 Å². The standard InChI is InChI=1S/C19H18F2N2O3S/c20-19(21)26-14-7-5-13(6-8-14)9-10-22-17(24)11-25-12-18-23-15-3-1-2-4-16(15)27-18/h1-8,19H,9-12H2,(H,22,24). The van der Waals surface area contributed by atoms with Gasteiger partial charge in [-0.15, -0.1) is 11.3 Å². The third kappa shape index (κ3) is 5.97. The molecule has 5 nitrogen and oxygen atoms in total. The van der Waals surface area contributed by atoms with Gasteiger partial charge in [-0.3, -0.25) is 4.79 Å². The lowest BCUT2D eigenvalue weighted by molar-refractivity contribution is -0.126. The van der Waals surface area contributed by atoms with Gasteiger partial charge in [-0.25, -0.2) is 4.98 Å². The van der Waals surface area contributed by atoms with Crippen molar-refractivity contribution in [2.45, 2.75) is 19.6 Å². The molecule has 0 fully saturated rings. The van der Waals surface area contributed by atoms with E-state index in [1.807, 2.05) is 24.3 Å². The van der Waals surface area contributed by atoms with Crippen LogP contribution in [0.25, 0.3) is 10.2 Å². The van der Waals surface area contributed by atoms with Crippen molar-refractivity contribution in [3.8, 4) is 5.75 Å². The summed E-state index contributed by atoms with van der Waals surface area (Å²) in [5.74, 6) is -0.102. The van der Waals surface area contributed by atoms with Gasteiger partial charge in [-0.05, 0) is 36.2 Å². The second-order valence-corrected chi connectivity index (χ2v) is 6.81. The normalized spacial score (nSPS) is 11.1. The van der Waals surface area contributed by atoms with Gasteiger partial charge < -0.3 is 14.8 Å². The van der Waals surface area contributed by atoms with Gasteiger partial charge >= 0.3 is 6.61 Å². The summed E-state index contributed by atoms with van der Waals surface area (Å²) in [5, 5.41) is 3.59. The van der Waals surface area contributed by atoms with Crippen LogP contribution in [0.1, 0.15) is 10.6 Å². The fourth-order valence-corrected chi connectivity index (χ4v) is 3.35. The summed E-state index contributed by atoms with van der Waals surface area (Å²) in [6, 6.07) is 14.1. The van der Waals surface area contributed by atoms with Crippen molar-refractivity contribution < 1.29 is 23.0 Å². The molecule has 8 heteroatoms. The van der Waals surface area contributed by atoms with E-state index in [9.17, 15) is 13.6 Å². The van der Waals surface area contributed by atoms with E-state index >= 15 is 0 Å². The van der Waals surface area contributed by atoms with Crippen molar-refractivity contribution >= 4 is 27.5 Å². The SMILES string of the molecule is O=C(COCc1nc2ccccc2s1)NCCc1ccc(OC(F)F)cc1. The van der Waals surface area contributed by atoms with Gasteiger partial charge in [-0.2, -0.15) is 8.78 Å². The van der Waals surface area contributed by atoms with Gasteiger partial charge in [0.1, 0.15) is 17.4 Å². The molecule has 1 heterocycles. The molecule has 0 radical (unpaired) electrons. The van der Waals surface area contributed by atoms with Crippen molar-refractivity contribution in [2.24, 2.45) is 0 Å². The molecule has 142 valence electrons. The summed E-state index contributed by atoms with van der Waals surface area (Å²) in [6.07, 6.45) is 0.582. The first-order valence-electron chi connectivity index (χ1n) is 8.33. The molecule has 0 aliphatic heterocycles. The van der Waals surface area contributed by atoms with Crippen molar-refractivity contribution in [1.29, 1.82) is 0 Å². The number of halogens is 2. The molecule has 1 aromatic heterocycles. The molecule has 1 amide bonds. The summed E-state index contributed by atoms with van der Waals surface area (Å²) in [5.41, 5.74) is 1.84. The number of hydrogen-bond donors (Lipinski definition) is 1. The van der Waals surface area contributed by atoms with E-state index < -0.39 is 6.61 Å². The highest BCUT2D eigenvalue weighted by molar-refractivity contribution is 7.18. The van der Waals surface area contributed by atoms with Crippen LogP contribution in [-0.4, -0.2) is 30.7 Å². The molecular weight excluding hydrogens is 374 g/mol. The minimum Gasteiger partial charge on any atom is -0.435 e. The van der Waals surface area contributed by atoms with Gasteiger partial charge in [-0.1, -0.05) is 24.3 Å². The van der Waals surface area contributed by atoms with Crippen molar-refractivity contribution in [1.82, 2.24) is 10.3 Å². The Bertz CT molecular complexity index is 851. The molecule has 0 aliphatic rings. The summed E-state index contributed by atoms with van der Waals surface area (Å²) in [7, 11) is 0. The lowest BCUT2D eigenvalue weighted by atomic mass is 10.1. The number of thiazole rings is 1. The van der Waals surface area contributed by atoms with Crippen molar-refractivity contribution in [3.63, 3.8) is 0 Å². The van der Waals surface area contributed by atoms with Gasteiger partial charge in [0, 0.05) is 6.54 Å². The number of para-hydroxylation sites is 1. The lowest BCUT2D eigenvalue weighted by Gasteiger charge is -2.07. The number of carbonyl (C=O) groups is 1. The van der Waals surface area contributed by atoms with Crippen LogP contribution in [0.4, 0.5) is 8.78 Å². The second-order valence-electron chi connectivity index (χ2n) is 5.69. The van der Waals surface area contributed by atoms with E-state index in [0.29, 0.717) is 19.6 Å². The monoisotopic (exact) mass is 392 g/mol. The number of nitrogens with zero attached hydrogens (tertiary/aromatic N) is 1. The van der Waals surface area contributed by atoms with Crippen LogP contribution in [0.3, 0.4) is 0 Å². The molecular formula is C19H18F2N2O3S. The average Bonchev–Trinajstić information content (AvgIpc) is 3.05. The molecule has 3 rings (SSSR count). The molecule has 2 aromatic carbocycles. The largest absolute Gasteiger partial charge is 0.435 e. The molecule has 3 aromatic rings. The van der Waals surface area contributed by atoms with Crippen LogP contribution in [0, 0.1) is 0 Å². The summed E-state index contributed by atoms with van der Waals surface area (Å²) >= 11 is 1.54. The Hall–Kier alpha value is -2.58. The van der Waals surface area contributed by atoms with Crippen LogP contribution >= 0.6 is 11.3 Å². The van der Waals surface area contributed by atoms with Crippen LogP contribution in [-0.2, 0) is 22.6 Å². The molecule has 0 unspecified atom stereocenters. The topological polar surface area (TPSA) is 60.5 Å². The zero-order valence-corrected chi connectivity index (χ0v) is 15.2. The molecule has 0 spiro atoms. The Morgan fingerprint density at radius 3 is 2.67 bits per heavy atom. The summed E-state index contributed by atoms with van der Waals surface area (Å²) < 4.78 is 35.0. The fraction of sp³-hybridized carbons (Fsp3) is 0.263. The third-order valence-corrected chi connectivity index (χ3v) is 4.69. The Kier molecular flexibility index (Phi) is 6.67. The molecule has 1 N–H and O–H groups in total. The van der Waals surface area contributed by atoms with E-state index in [1.165, 1.54) is 12.1 Å². The zero-order valence-electron chi connectivity index (χ0n) is 14.4. The number of ether oxygens (including phenoxy) is 2. The highest BCUT2D eigenvalue weighted by Gasteiger charge is 2.06. The molecule has 0 saturated heterocycles. The molecule has 0 bridgehead atoms. The number of nitrogens with one attached hydrogen (secondary N) is 1. The smallest absolute Gasteiger partial charge is 0.387 e. The predicted molar refractivity (Wildman–Crippen MR) is 99.1 cm³/mol. The van der Waals surface area contributed by atoms with Crippen LogP contribution in [0.5, 0.6) is 5.75 Å². The van der Waals surface area contributed by atoms with Crippen LogP contribution in [0.15, 0.2) is 48.5 Å². The number of amides is 1. The first-order valence-corrected chi connectivity index (χ1v) is 9.14. The number of carbonyl (C=O) groups excluding carboxylic acids is 1. The first kappa shape index (κ1) is 19.2. The molecule has 0 aliphatic carbocycles. The number of hydrogen-bond acceptors (Lipinski definition) is 5. The molecule has 27 heavy (non-hydrogen) atoms. The maximum absolute atomic E-state index is 12.1. The number of alkyl halides is 2. The summed E-state index contributed by atoms with van der Waals surface area (Å²) in [6.45, 7) is -2.16. The number of rotatable bonds is 9. The highest BCUT2D eigenvalue weighted by atomic mass is 32.1. The fourth-order valence-electron chi connectivity index (χ4n) is 2.45. The number of benzene rings is 2. The molecule has 0 atom stereocenters. The van der Waals surface area contributed by atoms with Crippen molar-refractivity contribution in [2.75, 3.05) is 13.2 Å². The van der Waals surface area contributed by atoms with E-state index in [0.717, 1.165) is 20.8 Å². The minimum absolute atomic E-state index is 0.0446. The maximum Gasteiger partial charge on any atom is 0.387 e. The Morgan fingerprint density at radius 2 is 1.93 bits per heavy atom. The maximum atomic E-state index is 12.1. The number of aromatic nitrogens is 1. The number of fused-ring (bicyclic) bond motifs is 1. The average molecular weight is 392 g/mol. The van der Waals surface area contributed by atoms with E-state index in [-0.39, 0.29) is 18.3 Å². The van der Waals surface area contributed by atoms with Gasteiger partial charge in [0.05, 0.1) is 16.8 Å². The quantitative estimate of drug-likeness (QED) is 0.602. The minimum atomic E-state index is -2.84. The highest BCUT2D eigenvalue weighted by Crippen LogP contribution is 2.21. The Balaban J connectivity index is 1.34. The molecule has 0 saturated carbocycles. The first-order chi connectivity index (χ1) is 13.1. The summed E-state index contributed by atoms with van der Waals surface area (Å²) in [4.78, 5) is 16.3. The van der Waals surface area contributed by atoms with Gasteiger partial charge in [0.2, 0.25) is 5.91 Å². The van der Waals surface area contributed by atoms with Crippen LogP contribution < -0.4 is 10.1 Å². The third-order valence-electron chi connectivity index (χ3n) is 3.68. The van der Waals surface area contributed by atoms with Gasteiger partial charge in [0.15, 0.2) is 0 Å². The van der Waals surface area contributed by atoms with Gasteiger partial charge in [0.25, 0.3) is 0 Å². The zero-order chi connectivity index (χ0) is 19.1.